The smallest absolute Gasteiger partial charge is 0.416 e. The molecule has 3 rings (SSSR count). The molecule has 10 heteroatoms. The minimum absolute atomic E-state index is 0.0628. The second-order valence-corrected chi connectivity index (χ2v) is 6.87. The number of anilines is 1. The summed E-state index contributed by atoms with van der Waals surface area (Å²) < 4.78 is 48.7. The molecule has 6 nitrogen and oxygen atoms in total. The minimum Gasteiger partial charge on any atom is -0.484 e. The lowest BCUT2D eigenvalue weighted by Crippen LogP contribution is -2.05. The van der Waals surface area contributed by atoms with Crippen LogP contribution in [0.25, 0.3) is 0 Å². The summed E-state index contributed by atoms with van der Waals surface area (Å²) >= 11 is 1.22. The van der Waals surface area contributed by atoms with Gasteiger partial charge in [-0.1, -0.05) is 23.9 Å². The molecular formula is C19H16F3N3O3S. The maximum absolute atomic E-state index is 12.6. The van der Waals surface area contributed by atoms with Crippen LogP contribution < -0.4 is 10.1 Å². The molecule has 1 heterocycles. The summed E-state index contributed by atoms with van der Waals surface area (Å²) in [5.74, 6) is 1.07. The van der Waals surface area contributed by atoms with Gasteiger partial charge >= 0.3 is 6.18 Å². The van der Waals surface area contributed by atoms with Crippen molar-refractivity contribution in [1.82, 2.24) is 10.2 Å². The first-order chi connectivity index (χ1) is 13.8. The molecule has 0 radical (unpaired) electrons. The van der Waals surface area contributed by atoms with Gasteiger partial charge in [-0.15, -0.1) is 10.2 Å². The van der Waals surface area contributed by atoms with Crippen LogP contribution in [0.2, 0.25) is 0 Å². The number of hydrogen-bond acceptors (Lipinski definition) is 6. The van der Waals surface area contributed by atoms with E-state index in [1.165, 1.54) is 30.8 Å². The van der Waals surface area contributed by atoms with Gasteiger partial charge in [0.05, 0.1) is 5.56 Å². The number of hydrogen-bond donors (Lipinski definition) is 1. The molecule has 3 aromatic rings. The summed E-state index contributed by atoms with van der Waals surface area (Å²) in [4.78, 5) is 11.0. The summed E-state index contributed by atoms with van der Waals surface area (Å²) in [5.41, 5.74) is 0.677. The molecule has 1 amide bonds. The van der Waals surface area contributed by atoms with E-state index in [1.54, 1.807) is 24.3 Å². The lowest BCUT2D eigenvalue weighted by Gasteiger charge is -2.06. The number of rotatable bonds is 7. The number of aromatic nitrogens is 2. The van der Waals surface area contributed by atoms with Gasteiger partial charge in [-0.25, -0.2) is 0 Å². The van der Waals surface area contributed by atoms with Crippen molar-refractivity contribution in [2.75, 3.05) is 5.32 Å². The highest BCUT2D eigenvalue weighted by Gasteiger charge is 2.29. The van der Waals surface area contributed by atoms with E-state index in [-0.39, 0.29) is 18.4 Å². The zero-order valence-corrected chi connectivity index (χ0v) is 16.0. The number of nitrogens with one attached hydrogen (secondary N) is 1. The first kappa shape index (κ1) is 20.7. The van der Waals surface area contributed by atoms with Crippen LogP contribution in [0.15, 0.2) is 58.2 Å². The molecule has 0 aliphatic rings. The second kappa shape index (κ2) is 8.99. The zero-order valence-electron chi connectivity index (χ0n) is 15.2. The number of amides is 1. The average molecular weight is 423 g/mol. The van der Waals surface area contributed by atoms with Crippen molar-refractivity contribution in [3.05, 3.63) is 65.5 Å². The topological polar surface area (TPSA) is 77.2 Å². The minimum atomic E-state index is -4.35. The van der Waals surface area contributed by atoms with Gasteiger partial charge in [0, 0.05) is 18.4 Å². The fraction of sp³-hybridized carbons (Fsp3) is 0.211. The van der Waals surface area contributed by atoms with Crippen LogP contribution in [0.3, 0.4) is 0 Å². The highest BCUT2D eigenvalue weighted by Crippen LogP contribution is 2.30. The van der Waals surface area contributed by atoms with Crippen molar-refractivity contribution in [2.24, 2.45) is 0 Å². The summed E-state index contributed by atoms with van der Waals surface area (Å²) in [6.07, 6.45) is -4.35. The Hall–Kier alpha value is -3.01. The molecule has 0 spiro atoms. The number of thioether (sulfide) groups is 1. The molecule has 1 N–H and O–H groups in total. The number of carbonyl (C=O) groups is 1. The quantitative estimate of drug-likeness (QED) is 0.544. The Balaban J connectivity index is 1.48. The lowest BCUT2D eigenvalue weighted by atomic mass is 10.1. The Kier molecular flexibility index (Phi) is 6.42. The van der Waals surface area contributed by atoms with Crippen molar-refractivity contribution in [3.8, 4) is 5.75 Å². The van der Waals surface area contributed by atoms with Gasteiger partial charge in [0.1, 0.15) is 5.75 Å². The Morgan fingerprint density at radius 3 is 2.41 bits per heavy atom. The molecule has 0 saturated heterocycles. The molecule has 0 saturated carbocycles. The van der Waals surface area contributed by atoms with Crippen molar-refractivity contribution < 1.29 is 27.1 Å². The van der Waals surface area contributed by atoms with E-state index in [2.05, 4.69) is 15.5 Å². The van der Waals surface area contributed by atoms with Crippen LogP contribution in [-0.2, 0) is 23.3 Å². The molecular weight excluding hydrogens is 407 g/mol. The molecule has 152 valence electrons. The van der Waals surface area contributed by atoms with E-state index in [4.69, 9.17) is 9.15 Å². The maximum atomic E-state index is 12.6. The van der Waals surface area contributed by atoms with Crippen LogP contribution >= 0.6 is 11.8 Å². The van der Waals surface area contributed by atoms with Crippen molar-refractivity contribution in [2.45, 2.75) is 30.7 Å². The van der Waals surface area contributed by atoms with Gasteiger partial charge in [-0.3, -0.25) is 4.79 Å². The van der Waals surface area contributed by atoms with Gasteiger partial charge in [-0.05, 0) is 42.0 Å². The number of nitrogens with zero attached hydrogens (tertiary/aromatic N) is 2. The third-order valence-electron chi connectivity index (χ3n) is 3.63. The molecule has 1 aromatic heterocycles. The van der Waals surface area contributed by atoms with Crippen LogP contribution in [0.5, 0.6) is 5.75 Å². The third kappa shape index (κ3) is 6.24. The Morgan fingerprint density at radius 2 is 1.79 bits per heavy atom. The zero-order chi connectivity index (χ0) is 20.9. The Morgan fingerprint density at radius 1 is 1.10 bits per heavy atom. The molecule has 0 unspecified atom stereocenters. The molecule has 0 aliphatic heterocycles. The van der Waals surface area contributed by atoms with E-state index in [9.17, 15) is 18.0 Å². The van der Waals surface area contributed by atoms with Gasteiger partial charge in [-0.2, -0.15) is 13.2 Å². The molecule has 0 bridgehead atoms. The normalized spacial score (nSPS) is 11.3. The number of halogens is 3. The molecule has 0 fully saturated rings. The first-order valence-electron chi connectivity index (χ1n) is 8.41. The largest absolute Gasteiger partial charge is 0.484 e. The monoisotopic (exact) mass is 423 g/mol. The number of alkyl halides is 3. The van der Waals surface area contributed by atoms with Crippen molar-refractivity contribution in [1.29, 1.82) is 0 Å². The van der Waals surface area contributed by atoms with Gasteiger partial charge < -0.3 is 14.5 Å². The first-order valence-corrected chi connectivity index (χ1v) is 9.40. The maximum Gasteiger partial charge on any atom is 0.416 e. The van der Waals surface area contributed by atoms with Crippen LogP contribution in [0.4, 0.5) is 18.9 Å². The second-order valence-electron chi connectivity index (χ2n) is 5.94. The summed E-state index contributed by atoms with van der Waals surface area (Å²) in [5, 5.41) is 10.7. The van der Waals surface area contributed by atoms with E-state index in [0.29, 0.717) is 28.0 Å². The molecule has 29 heavy (non-hydrogen) atoms. The predicted octanol–water partition coefficient (Wildman–Crippen LogP) is 4.92. The summed E-state index contributed by atoms with van der Waals surface area (Å²) in [6.45, 7) is 1.49. The molecule has 2 aromatic carbocycles. The van der Waals surface area contributed by atoms with Gasteiger partial charge in [0.2, 0.25) is 5.91 Å². The fourth-order valence-electron chi connectivity index (χ4n) is 2.27. The fourth-order valence-corrected chi connectivity index (χ4v) is 3.01. The van der Waals surface area contributed by atoms with Crippen LogP contribution in [0.1, 0.15) is 23.9 Å². The predicted molar refractivity (Wildman–Crippen MR) is 100 cm³/mol. The number of ether oxygens (including phenoxy) is 1. The third-order valence-corrected chi connectivity index (χ3v) is 4.52. The highest BCUT2D eigenvalue weighted by molar-refractivity contribution is 7.98. The van der Waals surface area contributed by atoms with Crippen molar-refractivity contribution >= 4 is 23.4 Å². The summed E-state index contributed by atoms with van der Waals surface area (Å²) in [7, 11) is 0. The van der Waals surface area contributed by atoms with Crippen LogP contribution in [-0.4, -0.2) is 16.1 Å². The standard InChI is InChI=1S/C19H16F3N3O3S/c1-12(26)23-15-6-8-16(9-7-15)27-10-17-24-25-18(28-17)29-11-13-2-4-14(5-3-13)19(20,21)22/h2-9H,10-11H2,1H3,(H,23,26). The van der Waals surface area contributed by atoms with E-state index < -0.39 is 11.7 Å². The number of carbonyl (C=O) groups excluding carboxylic acids is 1. The van der Waals surface area contributed by atoms with Crippen molar-refractivity contribution in [3.63, 3.8) is 0 Å². The van der Waals surface area contributed by atoms with E-state index in [0.717, 1.165) is 12.1 Å². The molecule has 0 atom stereocenters. The van der Waals surface area contributed by atoms with E-state index >= 15 is 0 Å². The lowest BCUT2D eigenvalue weighted by molar-refractivity contribution is -0.137. The number of benzene rings is 2. The van der Waals surface area contributed by atoms with E-state index in [1.807, 2.05) is 0 Å². The SMILES string of the molecule is CC(=O)Nc1ccc(OCc2nnc(SCc3ccc(C(F)(F)F)cc3)o2)cc1. The Labute approximate surface area is 168 Å². The Bertz CT molecular complexity index is 957. The van der Waals surface area contributed by atoms with Gasteiger partial charge in [0.15, 0.2) is 6.61 Å². The van der Waals surface area contributed by atoms with Crippen LogP contribution in [0, 0.1) is 0 Å². The molecule has 0 aliphatic carbocycles. The summed E-state index contributed by atoms with van der Waals surface area (Å²) in [6, 6.07) is 11.7. The van der Waals surface area contributed by atoms with Gasteiger partial charge in [0.25, 0.3) is 11.1 Å². The average Bonchev–Trinajstić information content (AvgIpc) is 3.13. The highest BCUT2D eigenvalue weighted by atomic mass is 32.2.